The minimum Gasteiger partial charge on any atom is -0.460 e. The molecule has 5 rings (SSSR count). The number of aliphatic hydroxyl groups is 1. The van der Waals surface area contributed by atoms with Crippen molar-refractivity contribution in [3.05, 3.63) is 52.4 Å². The molecule has 0 amide bonds. The lowest BCUT2D eigenvalue weighted by Crippen LogP contribution is -2.36. The zero-order chi connectivity index (χ0) is 27.1. The molecule has 2 atom stereocenters. The number of nitrogens with one attached hydrogen (secondary N) is 2. The highest BCUT2D eigenvalue weighted by Crippen LogP contribution is 2.41. The highest BCUT2D eigenvalue weighted by atomic mass is 16.6. The topological polar surface area (TPSA) is 109 Å². The third-order valence-electron chi connectivity index (χ3n) is 8.25. The van der Waals surface area contributed by atoms with E-state index < -0.39 is 11.2 Å². The Hall–Kier alpha value is -3.13. The summed E-state index contributed by atoms with van der Waals surface area (Å²) in [5.74, 6) is 0.695. The summed E-state index contributed by atoms with van der Waals surface area (Å²) in [5.41, 5.74) is 0.838. The van der Waals surface area contributed by atoms with E-state index in [-0.39, 0.29) is 23.5 Å². The first-order valence-electron chi connectivity index (χ1n) is 14.0. The lowest BCUT2D eigenvalue weighted by Gasteiger charge is -2.36. The number of ether oxygens (including phenoxy) is 1. The van der Waals surface area contributed by atoms with E-state index in [9.17, 15) is 14.7 Å². The summed E-state index contributed by atoms with van der Waals surface area (Å²) >= 11 is 0. The van der Waals surface area contributed by atoms with Crippen molar-refractivity contribution in [2.24, 2.45) is 11.8 Å². The van der Waals surface area contributed by atoms with E-state index >= 15 is 0 Å². The predicted molar refractivity (Wildman–Crippen MR) is 148 cm³/mol. The summed E-state index contributed by atoms with van der Waals surface area (Å²) in [6.07, 6.45) is 8.53. The molecule has 0 unspecified atom stereocenters. The van der Waals surface area contributed by atoms with Gasteiger partial charge >= 0.3 is 5.97 Å². The van der Waals surface area contributed by atoms with Gasteiger partial charge in [0.25, 0.3) is 5.56 Å². The van der Waals surface area contributed by atoms with Gasteiger partial charge in [0.15, 0.2) is 5.82 Å². The quantitative estimate of drug-likeness (QED) is 0.359. The largest absolute Gasteiger partial charge is 0.460 e. The molecule has 2 aromatic heterocycles. The number of carbonyl (C=O) groups is 1. The molecular formula is C30H40N4O4. The Morgan fingerprint density at radius 2 is 1.79 bits per heavy atom. The van der Waals surface area contributed by atoms with Crippen LogP contribution in [0, 0.1) is 11.8 Å². The number of aromatic nitrogens is 3. The SMILES string of the molecule is C[C@H]1CCCC[C@@H]1n1nc(Nc2ccc([C@]3(O)CC[C@@H](C(=O)OC(C)(C)C)CC3)cc2)c2c(=O)[nH]ccc21. The van der Waals surface area contributed by atoms with Crippen molar-refractivity contribution < 1.29 is 14.6 Å². The second kappa shape index (κ2) is 10.2. The van der Waals surface area contributed by atoms with Crippen LogP contribution in [0.25, 0.3) is 10.9 Å². The Bertz CT molecular complexity index is 1340. The number of pyridine rings is 1. The molecule has 0 aliphatic heterocycles. The first kappa shape index (κ1) is 26.5. The fourth-order valence-electron chi connectivity index (χ4n) is 6.11. The van der Waals surface area contributed by atoms with Crippen LogP contribution in [0.5, 0.6) is 0 Å². The molecule has 0 radical (unpaired) electrons. The minimum absolute atomic E-state index is 0.160. The number of rotatable bonds is 5. The Balaban J connectivity index is 1.32. The molecule has 1 aromatic carbocycles. The molecule has 0 bridgehead atoms. The highest BCUT2D eigenvalue weighted by Gasteiger charge is 2.38. The first-order chi connectivity index (χ1) is 18.0. The average Bonchev–Trinajstić information content (AvgIpc) is 3.23. The van der Waals surface area contributed by atoms with Gasteiger partial charge in [0.05, 0.1) is 23.1 Å². The zero-order valence-corrected chi connectivity index (χ0v) is 22.9. The number of anilines is 2. The van der Waals surface area contributed by atoms with Crippen LogP contribution in [-0.4, -0.2) is 31.4 Å². The van der Waals surface area contributed by atoms with E-state index in [4.69, 9.17) is 9.84 Å². The number of benzene rings is 1. The van der Waals surface area contributed by atoms with Gasteiger partial charge in [-0.2, -0.15) is 5.10 Å². The number of aromatic amines is 1. The molecule has 3 N–H and O–H groups in total. The number of hydrogen-bond donors (Lipinski definition) is 3. The molecule has 2 aliphatic rings. The third-order valence-corrected chi connectivity index (χ3v) is 8.25. The molecule has 2 aliphatic carbocycles. The molecule has 2 heterocycles. The van der Waals surface area contributed by atoms with Gasteiger partial charge in [0.1, 0.15) is 11.0 Å². The summed E-state index contributed by atoms with van der Waals surface area (Å²) in [4.78, 5) is 28.1. The number of esters is 1. The zero-order valence-electron chi connectivity index (χ0n) is 22.9. The van der Waals surface area contributed by atoms with Crippen molar-refractivity contribution in [2.45, 2.75) is 96.3 Å². The smallest absolute Gasteiger partial charge is 0.309 e. The Kier molecular flexibility index (Phi) is 7.11. The van der Waals surface area contributed by atoms with Gasteiger partial charge in [-0.15, -0.1) is 0 Å². The molecule has 2 saturated carbocycles. The summed E-state index contributed by atoms with van der Waals surface area (Å²) < 4.78 is 7.59. The Morgan fingerprint density at radius 1 is 1.11 bits per heavy atom. The minimum atomic E-state index is -0.973. The Morgan fingerprint density at radius 3 is 2.45 bits per heavy atom. The fourth-order valence-corrected chi connectivity index (χ4v) is 6.11. The van der Waals surface area contributed by atoms with Crippen molar-refractivity contribution >= 4 is 28.4 Å². The van der Waals surface area contributed by atoms with Gasteiger partial charge in [0.2, 0.25) is 0 Å². The maximum absolute atomic E-state index is 12.8. The summed E-state index contributed by atoms with van der Waals surface area (Å²) in [6, 6.07) is 9.88. The molecule has 38 heavy (non-hydrogen) atoms. The molecule has 0 saturated heterocycles. The second-order valence-electron chi connectivity index (χ2n) is 12.2. The van der Waals surface area contributed by atoms with Crippen LogP contribution in [0.2, 0.25) is 0 Å². The van der Waals surface area contributed by atoms with Gasteiger partial charge in [-0.25, -0.2) is 0 Å². The van der Waals surface area contributed by atoms with Crippen LogP contribution in [-0.2, 0) is 15.1 Å². The highest BCUT2D eigenvalue weighted by molar-refractivity contribution is 5.91. The van der Waals surface area contributed by atoms with E-state index in [1.165, 1.54) is 19.3 Å². The van der Waals surface area contributed by atoms with E-state index in [1.807, 2.05) is 55.8 Å². The van der Waals surface area contributed by atoms with Gasteiger partial charge in [-0.05, 0) is 89.0 Å². The molecule has 204 valence electrons. The van der Waals surface area contributed by atoms with Crippen LogP contribution in [0.15, 0.2) is 41.3 Å². The van der Waals surface area contributed by atoms with Crippen LogP contribution in [0.3, 0.4) is 0 Å². The molecule has 8 heteroatoms. The number of hydrogen-bond acceptors (Lipinski definition) is 6. The summed E-state index contributed by atoms with van der Waals surface area (Å²) in [7, 11) is 0. The van der Waals surface area contributed by atoms with Crippen LogP contribution >= 0.6 is 0 Å². The van der Waals surface area contributed by atoms with Crippen LogP contribution in [0.4, 0.5) is 11.5 Å². The first-order valence-corrected chi connectivity index (χ1v) is 14.0. The molecule has 3 aromatic rings. The lowest BCUT2D eigenvalue weighted by atomic mass is 9.75. The summed E-state index contributed by atoms with van der Waals surface area (Å²) in [5, 5.41) is 20.2. The van der Waals surface area contributed by atoms with Crippen molar-refractivity contribution in [3.8, 4) is 0 Å². The van der Waals surface area contributed by atoms with Crippen molar-refractivity contribution in [3.63, 3.8) is 0 Å². The second-order valence-corrected chi connectivity index (χ2v) is 12.2. The van der Waals surface area contributed by atoms with E-state index in [0.717, 1.165) is 23.2 Å². The van der Waals surface area contributed by atoms with E-state index in [2.05, 4.69) is 17.2 Å². The van der Waals surface area contributed by atoms with Gasteiger partial charge in [-0.1, -0.05) is 31.9 Å². The molecule has 2 fully saturated rings. The summed E-state index contributed by atoms with van der Waals surface area (Å²) in [6.45, 7) is 7.89. The fraction of sp³-hybridized carbons (Fsp3) is 0.567. The van der Waals surface area contributed by atoms with Crippen LogP contribution in [0.1, 0.15) is 90.7 Å². The number of fused-ring (bicyclic) bond motifs is 1. The number of nitrogens with zero attached hydrogens (tertiary/aromatic N) is 2. The van der Waals surface area contributed by atoms with Crippen molar-refractivity contribution in [1.29, 1.82) is 0 Å². The van der Waals surface area contributed by atoms with Gasteiger partial charge in [0, 0.05) is 11.9 Å². The third kappa shape index (κ3) is 5.37. The number of H-pyrrole nitrogens is 1. The molecular weight excluding hydrogens is 480 g/mol. The maximum Gasteiger partial charge on any atom is 0.309 e. The molecule has 8 nitrogen and oxygen atoms in total. The van der Waals surface area contributed by atoms with Gasteiger partial charge in [-0.3, -0.25) is 14.3 Å². The average molecular weight is 521 g/mol. The maximum atomic E-state index is 12.8. The lowest BCUT2D eigenvalue weighted by molar-refractivity contribution is -0.163. The number of carbonyl (C=O) groups excluding carboxylic acids is 1. The predicted octanol–water partition coefficient (Wildman–Crippen LogP) is 5.94. The normalized spacial score (nSPS) is 26.3. The van der Waals surface area contributed by atoms with Gasteiger partial charge < -0.3 is 20.1 Å². The Labute approximate surface area is 223 Å². The monoisotopic (exact) mass is 520 g/mol. The van der Waals surface area contributed by atoms with E-state index in [0.29, 0.717) is 42.8 Å². The van der Waals surface area contributed by atoms with Crippen molar-refractivity contribution in [2.75, 3.05) is 5.32 Å². The van der Waals surface area contributed by atoms with E-state index in [1.54, 1.807) is 6.20 Å². The van der Waals surface area contributed by atoms with Crippen LogP contribution < -0.4 is 10.9 Å². The van der Waals surface area contributed by atoms with Crippen molar-refractivity contribution in [1.82, 2.24) is 14.8 Å². The standard InChI is InChI=1S/C30H40N4O4/c1-19-7-5-6-8-23(19)34-24-15-18-31-27(35)25(24)26(33-34)32-22-11-9-21(10-12-22)30(37)16-13-20(14-17-30)28(36)38-29(2,3)4/h9-12,15,18-20,23,37H,5-8,13-14,16-17H2,1-4H3,(H,31,35)(H,32,33)/t19-,20-,23-,30+/m0/s1. The molecule has 0 spiro atoms.